The van der Waals surface area contributed by atoms with Crippen molar-refractivity contribution in [3.63, 3.8) is 0 Å². The van der Waals surface area contributed by atoms with Gasteiger partial charge in [-0.3, -0.25) is 14.6 Å². The number of hydrogen-bond acceptors (Lipinski definition) is 4. The summed E-state index contributed by atoms with van der Waals surface area (Å²) in [7, 11) is 2.00. The molecule has 2 heterocycles. The lowest BCUT2D eigenvalue weighted by molar-refractivity contribution is 0.294. The Kier molecular flexibility index (Phi) is 4.11. The zero-order valence-corrected chi connectivity index (χ0v) is 10.8. The molecular weight excluding hydrogens is 242 g/mol. The molecule has 96 valence electrons. The third kappa shape index (κ3) is 2.58. The first-order valence-corrected chi connectivity index (χ1v) is 5.29. The minimum atomic E-state index is -0.133. The summed E-state index contributed by atoms with van der Waals surface area (Å²) in [6.07, 6.45) is 4.96. The number of halogens is 1. The van der Waals surface area contributed by atoms with Gasteiger partial charge in [-0.05, 0) is 6.92 Å². The molecule has 0 aliphatic carbocycles. The maximum absolute atomic E-state index is 11.6. The van der Waals surface area contributed by atoms with E-state index in [-0.39, 0.29) is 24.1 Å². The Hall–Kier alpha value is -1.56. The maximum atomic E-state index is 11.6. The van der Waals surface area contributed by atoms with Gasteiger partial charge in [0.25, 0.3) is 5.56 Å². The van der Waals surface area contributed by atoms with Crippen molar-refractivity contribution in [3.8, 4) is 0 Å². The zero-order chi connectivity index (χ0) is 11.7. The lowest BCUT2D eigenvalue weighted by atomic mass is 10.3. The normalized spacial score (nSPS) is 18.0. The van der Waals surface area contributed by atoms with Gasteiger partial charge in [-0.2, -0.15) is 0 Å². The van der Waals surface area contributed by atoms with Crippen molar-refractivity contribution in [2.75, 3.05) is 12.8 Å². The largest absolute Gasteiger partial charge is 0.393 e. The number of nitrogens with one attached hydrogen (secondary N) is 2. The van der Waals surface area contributed by atoms with Crippen molar-refractivity contribution in [1.29, 1.82) is 0 Å². The van der Waals surface area contributed by atoms with Crippen LogP contribution in [-0.4, -0.2) is 27.9 Å². The molecule has 7 heteroatoms. The molecule has 17 heavy (non-hydrogen) atoms. The first-order chi connectivity index (χ1) is 7.59. The second-order valence-electron chi connectivity index (χ2n) is 4.06. The summed E-state index contributed by atoms with van der Waals surface area (Å²) in [5.41, 5.74) is 6.52. The third-order valence-electron chi connectivity index (χ3n) is 2.90. The first kappa shape index (κ1) is 13.5. The fourth-order valence-electron chi connectivity index (χ4n) is 1.81. The van der Waals surface area contributed by atoms with Gasteiger partial charge in [0.2, 0.25) is 0 Å². The Morgan fingerprint density at radius 1 is 1.53 bits per heavy atom. The molecule has 1 aromatic rings. The molecule has 0 fully saturated rings. The number of nitrogens with zero attached hydrogens (tertiary/aromatic N) is 2. The Labute approximate surface area is 106 Å². The Morgan fingerprint density at radius 3 is 2.71 bits per heavy atom. The smallest absolute Gasteiger partial charge is 0.289 e. The number of nitrogens with two attached hydrogens (primary N) is 1. The average Bonchev–Trinajstić information content (AvgIpc) is 2.76. The van der Waals surface area contributed by atoms with Crippen LogP contribution in [0.3, 0.4) is 0 Å². The van der Waals surface area contributed by atoms with Crippen molar-refractivity contribution < 1.29 is 0 Å². The molecule has 1 aliphatic heterocycles. The summed E-state index contributed by atoms with van der Waals surface area (Å²) in [5.74, 6) is 0. The van der Waals surface area contributed by atoms with Crippen molar-refractivity contribution >= 4 is 18.1 Å². The summed E-state index contributed by atoms with van der Waals surface area (Å²) in [5, 5.41) is 6.17. The van der Waals surface area contributed by atoms with E-state index in [1.807, 2.05) is 19.4 Å². The molecule has 0 saturated heterocycles. The van der Waals surface area contributed by atoms with Gasteiger partial charge in [0, 0.05) is 32.4 Å². The minimum absolute atomic E-state index is 0. The van der Waals surface area contributed by atoms with Gasteiger partial charge >= 0.3 is 0 Å². The van der Waals surface area contributed by atoms with Gasteiger partial charge in [-0.1, -0.05) is 0 Å². The topological polar surface area (TPSA) is 79.1 Å². The minimum Gasteiger partial charge on any atom is -0.393 e. The summed E-state index contributed by atoms with van der Waals surface area (Å²) in [6, 6.07) is 0. The zero-order valence-electron chi connectivity index (χ0n) is 9.93. The summed E-state index contributed by atoms with van der Waals surface area (Å²) < 4.78 is 1.55. The highest BCUT2D eigenvalue weighted by atomic mass is 35.5. The number of aryl methyl sites for hydroxylation is 2. The van der Waals surface area contributed by atoms with E-state index < -0.39 is 0 Å². The molecule has 6 nitrogen and oxygen atoms in total. The molecule has 0 aromatic carbocycles. The highest BCUT2D eigenvalue weighted by molar-refractivity contribution is 5.85. The maximum Gasteiger partial charge on any atom is 0.289 e. The molecule has 0 radical (unpaired) electrons. The molecule has 0 bridgehead atoms. The van der Waals surface area contributed by atoms with Gasteiger partial charge in [-0.15, -0.1) is 12.4 Å². The van der Waals surface area contributed by atoms with E-state index in [0.29, 0.717) is 12.2 Å². The Bertz CT molecular complexity index is 464. The molecule has 1 aliphatic rings. The average molecular weight is 260 g/mol. The van der Waals surface area contributed by atoms with E-state index in [1.165, 1.54) is 0 Å². The summed E-state index contributed by atoms with van der Waals surface area (Å²) >= 11 is 0. The molecule has 1 unspecified atom stereocenters. The van der Waals surface area contributed by atoms with Crippen LogP contribution in [-0.2, 0) is 6.54 Å². The second-order valence-corrected chi connectivity index (χ2v) is 4.06. The molecular formula is C10H18ClN5O. The first-order valence-electron chi connectivity index (χ1n) is 5.29. The fourth-order valence-corrected chi connectivity index (χ4v) is 1.81. The lowest BCUT2D eigenvalue weighted by Crippen LogP contribution is -2.34. The number of rotatable bonds is 3. The molecule has 0 spiro atoms. The van der Waals surface area contributed by atoms with Gasteiger partial charge in [0.1, 0.15) is 5.69 Å². The molecule has 1 aromatic heterocycles. The third-order valence-corrected chi connectivity index (χ3v) is 2.90. The fraction of sp³-hybridized carbons (Fsp3) is 0.500. The van der Waals surface area contributed by atoms with E-state index in [4.69, 9.17) is 5.73 Å². The predicted octanol–water partition coefficient (Wildman–Crippen LogP) is 0.211. The van der Waals surface area contributed by atoms with E-state index in [2.05, 4.69) is 15.3 Å². The summed E-state index contributed by atoms with van der Waals surface area (Å²) in [4.78, 5) is 13.7. The Morgan fingerprint density at radius 2 is 2.24 bits per heavy atom. The van der Waals surface area contributed by atoms with Crippen molar-refractivity contribution in [2.24, 2.45) is 0 Å². The number of H-pyrrole nitrogens is 1. The second kappa shape index (κ2) is 5.18. The van der Waals surface area contributed by atoms with Crippen LogP contribution in [0.25, 0.3) is 0 Å². The number of hydrogen-bond donors (Lipinski definition) is 3. The molecule has 4 N–H and O–H groups in total. The van der Waals surface area contributed by atoms with Gasteiger partial charge in [0.15, 0.2) is 0 Å². The highest BCUT2D eigenvalue weighted by Crippen LogP contribution is 2.07. The highest BCUT2D eigenvalue weighted by Gasteiger charge is 2.15. The van der Waals surface area contributed by atoms with Crippen LogP contribution in [0.4, 0.5) is 5.69 Å². The van der Waals surface area contributed by atoms with Crippen molar-refractivity contribution in [3.05, 3.63) is 28.4 Å². The van der Waals surface area contributed by atoms with Crippen LogP contribution in [0, 0.1) is 6.92 Å². The number of anilines is 1. The van der Waals surface area contributed by atoms with E-state index in [9.17, 15) is 4.79 Å². The standard InChI is InChI=1S/C10H17N5O.ClH/c1-7-9(11)10(16)15(13-7)5-3-8-12-4-6-14(8)2;/h4,6,8,12-13H,3,5,11H2,1-2H3;1H. The van der Waals surface area contributed by atoms with Crippen LogP contribution in [0.1, 0.15) is 12.1 Å². The van der Waals surface area contributed by atoms with Crippen LogP contribution < -0.4 is 16.6 Å². The van der Waals surface area contributed by atoms with Crippen LogP contribution in [0.2, 0.25) is 0 Å². The van der Waals surface area contributed by atoms with E-state index >= 15 is 0 Å². The van der Waals surface area contributed by atoms with E-state index in [1.54, 1.807) is 11.6 Å². The van der Waals surface area contributed by atoms with E-state index in [0.717, 1.165) is 12.1 Å². The molecule has 2 rings (SSSR count). The predicted molar refractivity (Wildman–Crippen MR) is 69.9 cm³/mol. The van der Waals surface area contributed by atoms with Gasteiger partial charge in [-0.25, -0.2) is 0 Å². The monoisotopic (exact) mass is 259 g/mol. The van der Waals surface area contributed by atoms with Crippen molar-refractivity contribution in [1.82, 2.24) is 20.0 Å². The van der Waals surface area contributed by atoms with Crippen molar-refractivity contribution in [2.45, 2.75) is 26.1 Å². The van der Waals surface area contributed by atoms with Gasteiger partial charge in [0.05, 0.1) is 11.9 Å². The number of nitrogen functional groups attached to an aromatic ring is 1. The van der Waals surface area contributed by atoms with Crippen LogP contribution in [0.15, 0.2) is 17.2 Å². The quantitative estimate of drug-likeness (QED) is 0.725. The molecule has 1 atom stereocenters. The SMILES string of the molecule is Cc1[nH]n(CCC2NC=CN2C)c(=O)c1N.Cl. The van der Waals surface area contributed by atoms with Gasteiger partial charge < -0.3 is 16.0 Å². The summed E-state index contributed by atoms with van der Waals surface area (Å²) in [6.45, 7) is 2.43. The lowest BCUT2D eigenvalue weighted by Gasteiger charge is -2.20. The van der Waals surface area contributed by atoms with Crippen LogP contribution >= 0.6 is 12.4 Å². The Balaban J connectivity index is 0.00000144. The molecule has 0 amide bonds. The van der Waals surface area contributed by atoms with Crippen LogP contribution in [0.5, 0.6) is 0 Å². The number of aromatic amines is 1. The number of aromatic nitrogens is 2. The molecule has 0 saturated carbocycles.